The SMILES string of the molecule is C=CCOc1ccc(/C=C2\CCn3c2nc2ccc([N+](=O)[O-])cc2c3=O)cc1OC. The normalized spacial score (nSPS) is 14.0. The highest BCUT2D eigenvalue weighted by Gasteiger charge is 2.22. The highest BCUT2D eigenvalue weighted by atomic mass is 16.6. The molecule has 2 aromatic carbocycles. The second kappa shape index (κ2) is 7.82. The first-order chi connectivity index (χ1) is 14.5. The van der Waals surface area contributed by atoms with Crippen LogP contribution < -0.4 is 15.0 Å². The highest BCUT2D eigenvalue weighted by molar-refractivity contribution is 5.86. The molecule has 30 heavy (non-hydrogen) atoms. The quantitative estimate of drug-likeness (QED) is 0.351. The number of methoxy groups -OCH3 is 1. The molecule has 4 rings (SSSR count). The van der Waals surface area contributed by atoms with Gasteiger partial charge in [-0.2, -0.15) is 0 Å². The highest BCUT2D eigenvalue weighted by Crippen LogP contribution is 2.32. The van der Waals surface area contributed by atoms with Crippen LogP contribution in [-0.4, -0.2) is 28.2 Å². The summed E-state index contributed by atoms with van der Waals surface area (Å²) in [6, 6.07) is 9.74. The number of hydrogen-bond acceptors (Lipinski definition) is 6. The van der Waals surface area contributed by atoms with Crippen LogP contribution in [0.4, 0.5) is 5.69 Å². The molecule has 0 saturated carbocycles. The summed E-state index contributed by atoms with van der Waals surface area (Å²) in [5.41, 5.74) is 1.85. The van der Waals surface area contributed by atoms with E-state index >= 15 is 0 Å². The molecule has 1 aliphatic rings. The van der Waals surface area contributed by atoms with Crippen LogP contribution in [0.15, 0.2) is 53.8 Å². The van der Waals surface area contributed by atoms with Gasteiger partial charge in [-0.1, -0.05) is 18.7 Å². The first kappa shape index (κ1) is 19.4. The molecule has 8 nitrogen and oxygen atoms in total. The van der Waals surface area contributed by atoms with Crippen LogP contribution in [0, 0.1) is 10.1 Å². The van der Waals surface area contributed by atoms with E-state index in [1.165, 1.54) is 18.2 Å². The Morgan fingerprint density at radius 1 is 1.27 bits per heavy atom. The van der Waals surface area contributed by atoms with Gasteiger partial charge in [0.05, 0.1) is 22.9 Å². The third-order valence-electron chi connectivity index (χ3n) is 4.93. The van der Waals surface area contributed by atoms with Gasteiger partial charge in [-0.3, -0.25) is 19.5 Å². The maximum absolute atomic E-state index is 12.9. The third kappa shape index (κ3) is 3.43. The molecular formula is C22H19N3O5. The first-order valence-corrected chi connectivity index (χ1v) is 9.33. The van der Waals surface area contributed by atoms with E-state index in [4.69, 9.17) is 9.47 Å². The van der Waals surface area contributed by atoms with E-state index in [1.54, 1.807) is 17.8 Å². The van der Waals surface area contributed by atoms with Gasteiger partial charge in [0.1, 0.15) is 12.4 Å². The molecule has 0 saturated heterocycles. The van der Waals surface area contributed by atoms with Crippen molar-refractivity contribution in [2.24, 2.45) is 0 Å². The van der Waals surface area contributed by atoms with E-state index in [9.17, 15) is 14.9 Å². The average Bonchev–Trinajstić information content (AvgIpc) is 3.15. The summed E-state index contributed by atoms with van der Waals surface area (Å²) in [4.78, 5) is 28.0. The lowest BCUT2D eigenvalue weighted by atomic mass is 10.1. The van der Waals surface area contributed by atoms with Gasteiger partial charge in [0, 0.05) is 18.7 Å². The lowest BCUT2D eigenvalue weighted by Crippen LogP contribution is -2.20. The van der Waals surface area contributed by atoms with Gasteiger partial charge in [0.2, 0.25) is 0 Å². The Morgan fingerprint density at radius 2 is 2.10 bits per heavy atom. The standard InChI is InChI=1S/C22H19N3O5/c1-3-10-30-19-7-4-14(12-20(19)29-2)11-15-8-9-24-21(15)23-18-6-5-16(25(27)28)13-17(18)22(24)26/h3-7,11-13H,1,8-10H2,2H3/b15-11+. The smallest absolute Gasteiger partial charge is 0.270 e. The number of fused-ring (bicyclic) bond motifs is 2. The zero-order valence-corrected chi connectivity index (χ0v) is 16.3. The molecule has 0 radical (unpaired) electrons. The van der Waals surface area contributed by atoms with Crippen LogP contribution >= 0.6 is 0 Å². The van der Waals surface area contributed by atoms with Crippen LogP contribution in [-0.2, 0) is 6.54 Å². The largest absolute Gasteiger partial charge is 0.493 e. The van der Waals surface area contributed by atoms with E-state index in [1.807, 2.05) is 24.3 Å². The van der Waals surface area contributed by atoms with Crippen LogP contribution in [0.2, 0.25) is 0 Å². The summed E-state index contributed by atoms with van der Waals surface area (Å²) in [6.45, 7) is 4.49. The summed E-state index contributed by atoms with van der Waals surface area (Å²) in [7, 11) is 1.57. The van der Waals surface area contributed by atoms with Crippen molar-refractivity contribution in [2.45, 2.75) is 13.0 Å². The Hall–Kier alpha value is -3.94. The lowest BCUT2D eigenvalue weighted by Gasteiger charge is -2.10. The molecule has 0 unspecified atom stereocenters. The van der Waals surface area contributed by atoms with E-state index in [0.29, 0.717) is 42.4 Å². The van der Waals surface area contributed by atoms with Crippen LogP contribution in [0.3, 0.4) is 0 Å². The first-order valence-electron chi connectivity index (χ1n) is 9.33. The molecule has 0 bridgehead atoms. The monoisotopic (exact) mass is 405 g/mol. The van der Waals surface area contributed by atoms with Crippen molar-refractivity contribution in [1.82, 2.24) is 9.55 Å². The zero-order valence-electron chi connectivity index (χ0n) is 16.3. The molecule has 0 amide bonds. The van der Waals surface area contributed by atoms with Gasteiger partial charge in [-0.15, -0.1) is 0 Å². The molecule has 0 N–H and O–H groups in total. The lowest BCUT2D eigenvalue weighted by molar-refractivity contribution is -0.384. The molecule has 8 heteroatoms. The predicted molar refractivity (Wildman–Crippen MR) is 114 cm³/mol. The van der Waals surface area contributed by atoms with Crippen molar-refractivity contribution in [2.75, 3.05) is 13.7 Å². The minimum atomic E-state index is -0.516. The van der Waals surface area contributed by atoms with E-state index in [-0.39, 0.29) is 16.6 Å². The number of nitrogens with zero attached hydrogens (tertiary/aromatic N) is 3. The predicted octanol–water partition coefficient (Wildman–Crippen LogP) is 3.82. The maximum atomic E-state index is 12.9. The number of non-ortho nitro benzene ring substituents is 1. The number of benzene rings is 2. The third-order valence-corrected chi connectivity index (χ3v) is 4.93. The van der Waals surface area contributed by atoms with Crippen molar-refractivity contribution in [3.05, 3.63) is 80.9 Å². The number of rotatable bonds is 6. The van der Waals surface area contributed by atoms with Crippen LogP contribution in [0.5, 0.6) is 11.5 Å². The molecule has 3 aromatic rings. The van der Waals surface area contributed by atoms with Crippen molar-refractivity contribution in [3.63, 3.8) is 0 Å². The summed E-state index contributed by atoms with van der Waals surface area (Å²) in [5, 5.41) is 11.3. The molecule has 0 aliphatic carbocycles. The fourth-order valence-corrected chi connectivity index (χ4v) is 3.50. The molecule has 152 valence electrons. The fourth-order valence-electron chi connectivity index (χ4n) is 3.50. The fraction of sp³-hybridized carbons (Fsp3) is 0.182. The summed E-state index contributed by atoms with van der Waals surface area (Å²) in [6.07, 6.45) is 4.26. The summed E-state index contributed by atoms with van der Waals surface area (Å²) < 4.78 is 12.6. The van der Waals surface area contributed by atoms with Crippen LogP contribution in [0.25, 0.3) is 22.6 Å². The number of nitro benzene ring substituents is 1. The molecule has 0 atom stereocenters. The summed E-state index contributed by atoms with van der Waals surface area (Å²) in [5.74, 6) is 1.79. The molecule has 2 heterocycles. The van der Waals surface area contributed by atoms with Crippen molar-refractivity contribution in [1.29, 1.82) is 0 Å². The van der Waals surface area contributed by atoms with Crippen molar-refractivity contribution >= 4 is 28.2 Å². The minimum Gasteiger partial charge on any atom is -0.493 e. The van der Waals surface area contributed by atoms with E-state index < -0.39 is 4.92 Å². The maximum Gasteiger partial charge on any atom is 0.270 e. The van der Waals surface area contributed by atoms with Gasteiger partial charge in [0.25, 0.3) is 11.2 Å². The number of allylic oxidation sites excluding steroid dienone is 1. The Labute approximate surface area is 171 Å². The number of ether oxygens (including phenoxy) is 2. The van der Waals surface area contributed by atoms with Gasteiger partial charge >= 0.3 is 0 Å². The summed E-state index contributed by atoms with van der Waals surface area (Å²) >= 11 is 0. The second-order valence-electron chi connectivity index (χ2n) is 6.78. The molecule has 1 aromatic heterocycles. The Morgan fingerprint density at radius 3 is 2.83 bits per heavy atom. The van der Waals surface area contributed by atoms with Gasteiger partial charge in [0.15, 0.2) is 11.5 Å². The zero-order chi connectivity index (χ0) is 21.3. The van der Waals surface area contributed by atoms with Gasteiger partial charge < -0.3 is 9.47 Å². The second-order valence-corrected chi connectivity index (χ2v) is 6.78. The Balaban J connectivity index is 1.76. The molecule has 1 aliphatic heterocycles. The molecule has 0 fully saturated rings. The molecule has 0 spiro atoms. The Bertz CT molecular complexity index is 1260. The average molecular weight is 405 g/mol. The number of nitro groups is 1. The van der Waals surface area contributed by atoms with Crippen molar-refractivity contribution in [3.8, 4) is 11.5 Å². The van der Waals surface area contributed by atoms with E-state index in [2.05, 4.69) is 11.6 Å². The van der Waals surface area contributed by atoms with E-state index in [0.717, 1.165) is 11.1 Å². The minimum absolute atomic E-state index is 0.124. The van der Waals surface area contributed by atoms with Crippen molar-refractivity contribution < 1.29 is 14.4 Å². The number of aromatic nitrogens is 2. The molecular weight excluding hydrogens is 386 g/mol. The van der Waals surface area contributed by atoms with Crippen LogP contribution in [0.1, 0.15) is 17.8 Å². The van der Waals surface area contributed by atoms with Gasteiger partial charge in [-0.25, -0.2) is 4.98 Å². The van der Waals surface area contributed by atoms with Gasteiger partial charge in [-0.05, 0) is 41.8 Å². The Kier molecular flexibility index (Phi) is 5.05. The number of hydrogen-bond donors (Lipinski definition) is 0. The topological polar surface area (TPSA) is 96.5 Å².